The second kappa shape index (κ2) is 5.04. The summed E-state index contributed by atoms with van der Waals surface area (Å²) >= 11 is 0. The molecular formula is C17H17N3O3. The van der Waals surface area contributed by atoms with Gasteiger partial charge in [0.25, 0.3) is 0 Å². The van der Waals surface area contributed by atoms with Crippen LogP contribution in [0.25, 0.3) is 0 Å². The molecule has 6 nitrogen and oxygen atoms in total. The van der Waals surface area contributed by atoms with Crippen molar-refractivity contribution in [2.75, 3.05) is 23.8 Å². The van der Waals surface area contributed by atoms with Gasteiger partial charge in [-0.3, -0.25) is 0 Å². The number of hydrogen-bond acceptors (Lipinski definition) is 6. The van der Waals surface area contributed by atoms with Crippen LogP contribution in [0.15, 0.2) is 41.6 Å². The summed E-state index contributed by atoms with van der Waals surface area (Å²) < 4.78 is 5.11. The summed E-state index contributed by atoms with van der Waals surface area (Å²) in [5.74, 6) is 0. The van der Waals surface area contributed by atoms with Crippen LogP contribution in [0.1, 0.15) is 16.7 Å². The van der Waals surface area contributed by atoms with E-state index in [2.05, 4.69) is 22.2 Å². The molecule has 4 rings (SSSR count). The highest BCUT2D eigenvalue weighted by Gasteiger charge is 2.39. The first-order chi connectivity index (χ1) is 11.1. The van der Waals surface area contributed by atoms with Crippen molar-refractivity contribution in [2.45, 2.75) is 18.7 Å². The highest BCUT2D eigenvalue weighted by molar-refractivity contribution is 5.81. The van der Waals surface area contributed by atoms with Gasteiger partial charge in [-0.2, -0.15) is 0 Å². The summed E-state index contributed by atoms with van der Waals surface area (Å²) in [6.07, 6.45) is 0. The minimum absolute atomic E-state index is 0.161. The highest BCUT2D eigenvalue weighted by Crippen LogP contribution is 2.42. The van der Waals surface area contributed by atoms with Crippen LogP contribution in [0.2, 0.25) is 0 Å². The van der Waals surface area contributed by atoms with Gasteiger partial charge in [-0.05, 0) is 34.0 Å². The van der Waals surface area contributed by atoms with E-state index in [4.69, 9.17) is 10.5 Å². The lowest BCUT2D eigenvalue weighted by molar-refractivity contribution is -0.184. The highest BCUT2D eigenvalue weighted by atomic mass is 16.5. The van der Waals surface area contributed by atoms with Crippen molar-refractivity contribution in [1.82, 2.24) is 0 Å². The molecule has 0 atom stereocenters. The Morgan fingerprint density at radius 3 is 2.35 bits per heavy atom. The monoisotopic (exact) mass is 311 g/mol. The SMILES string of the molecule is Nc1c(N=O)cc(C2(O)COC2)cc1N1Cc2ccccc2C1. The number of aliphatic hydroxyl groups is 1. The van der Waals surface area contributed by atoms with Crippen LogP contribution in [0, 0.1) is 4.91 Å². The molecule has 118 valence electrons. The fraction of sp³-hybridized carbons (Fsp3) is 0.294. The molecular weight excluding hydrogens is 294 g/mol. The summed E-state index contributed by atoms with van der Waals surface area (Å²) in [6, 6.07) is 11.6. The number of ether oxygens (including phenoxy) is 1. The van der Waals surface area contributed by atoms with Gasteiger partial charge >= 0.3 is 0 Å². The molecule has 3 N–H and O–H groups in total. The van der Waals surface area contributed by atoms with Gasteiger partial charge in [-0.25, -0.2) is 0 Å². The molecule has 0 amide bonds. The molecule has 6 heteroatoms. The Labute approximate surface area is 133 Å². The van der Waals surface area contributed by atoms with Gasteiger partial charge < -0.3 is 20.5 Å². The lowest BCUT2D eigenvalue weighted by Crippen LogP contribution is -2.46. The van der Waals surface area contributed by atoms with Crippen LogP contribution >= 0.6 is 0 Å². The fourth-order valence-electron chi connectivity index (χ4n) is 3.19. The zero-order valence-corrected chi connectivity index (χ0v) is 12.5. The van der Waals surface area contributed by atoms with Crippen LogP contribution in [-0.4, -0.2) is 18.3 Å². The number of nitrogens with two attached hydrogens (primary N) is 1. The van der Waals surface area contributed by atoms with Crippen LogP contribution in [0.3, 0.4) is 0 Å². The summed E-state index contributed by atoms with van der Waals surface area (Å²) in [6.45, 7) is 1.87. The number of hydrogen-bond donors (Lipinski definition) is 2. The molecule has 0 aromatic heterocycles. The Morgan fingerprint density at radius 1 is 1.17 bits per heavy atom. The predicted octanol–water partition coefficient (Wildman–Crippen LogP) is 2.40. The van der Waals surface area contributed by atoms with Crippen molar-refractivity contribution in [1.29, 1.82) is 0 Å². The van der Waals surface area contributed by atoms with Crippen molar-refractivity contribution in [3.05, 3.63) is 58.0 Å². The fourth-order valence-corrected chi connectivity index (χ4v) is 3.19. The van der Waals surface area contributed by atoms with Gasteiger partial charge in [0.1, 0.15) is 11.3 Å². The molecule has 2 aromatic carbocycles. The summed E-state index contributed by atoms with van der Waals surface area (Å²) in [7, 11) is 0. The maximum atomic E-state index is 11.1. The molecule has 1 fully saturated rings. The molecule has 0 unspecified atom stereocenters. The second-order valence-corrected chi connectivity index (χ2v) is 6.17. The molecule has 2 aromatic rings. The number of nitrogen functional groups attached to an aromatic ring is 1. The zero-order chi connectivity index (χ0) is 16.0. The zero-order valence-electron chi connectivity index (χ0n) is 12.5. The predicted molar refractivity (Wildman–Crippen MR) is 87.4 cm³/mol. The Balaban J connectivity index is 1.76. The number of nitrogens with zero attached hydrogens (tertiary/aromatic N) is 2. The molecule has 2 aliphatic heterocycles. The molecule has 1 saturated heterocycles. The van der Waals surface area contributed by atoms with Crippen molar-refractivity contribution in [2.24, 2.45) is 5.18 Å². The normalized spacial score (nSPS) is 18.4. The van der Waals surface area contributed by atoms with Crippen molar-refractivity contribution >= 4 is 17.1 Å². The number of nitroso groups, excluding NO2 is 1. The Bertz CT molecular complexity index is 762. The quantitative estimate of drug-likeness (QED) is 0.671. The van der Waals surface area contributed by atoms with E-state index >= 15 is 0 Å². The van der Waals surface area contributed by atoms with E-state index in [1.54, 1.807) is 6.07 Å². The number of benzene rings is 2. The lowest BCUT2D eigenvalue weighted by Gasteiger charge is -2.37. The smallest absolute Gasteiger partial charge is 0.136 e. The summed E-state index contributed by atoms with van der Waals surface area (Å²) in [5.41, 5.74) is 9.41. The maximum absolute atomic E-state index is 11.1. The Hall–Kier alpha value is -2.44. The van der Waals surface area contributed by atoms with Crippen LogP contribution < -0.4 is 10.6 Å². The van der Waals surface area contributed by atoms with Gasteiger partial charge in [0.15, 0.2) is 0 Å². The standard InChI is InChI=1S/C17H17N3O3/c18-16-14(19-22)5-13(17(21)9-23-10-17)6-15(16)20-7-11-3-1-2-4-12(11)8-20/h1-6,21H,7-10,18H2. The second-order valence-electron chi connectivity index (χ2n) is 6.17. The average molecular weight is 311 g/mol. The lowest BCUT2D eigenvalue weighted by atomic mass is 9.90. The van der Waals surface area contributed by atoms with E-state index in [1.807, 2.05) is 18.2 Å². The molecule has 0 aliphatic carbocycles. The first kappa shape index (κ1) is 14.2. The Morgan fingerprint density at radius 2 is 1.83 bits per heavy atom. The van der Waals surface area contributed by atoms with Crippen molar-refractivity contribution in [3.63, 3.8) is 0 Å². The van der Waals surface area contributed by atoms with Gasteiger partial charge in [0.05, 0.1) is 24.6 Å². The average Bonchev–Trinajstić information content (AvgIpc) is 2.96. The third kappa shape index (κ3) is 2.18. The van der Waals surface area contributed by atoms with E-state index < -0.39 is 5.60 Å². The third-order valence-corrected chi connectivity index (χ3v) is 4.64. The van der Waals surface area contributed by atoms with E-state index in [0.29, 0.717) is 11.3 Å². The van der Waals surface area contributed by atoms with Gasteiger partial charge in [-0.15, -0.1) is 4.91 Å². The molecule has 0 saturated carbocycles. The number of anilines is 2. The molecule has 23 heavy (non-hydrogen) atoms. The van der Waals surface area contributed by atoms with E-state index in [0.717, 1.165) is 18.8 Å². The summed E-state index contributed by atoms with van der Waals surface area (Å²) in [4.78, 5) is 13.2. The minimum Gasteiger partial charge on any atom is -0.395 e. The van der Waals surface area contributed by atoms with Gasteiger partial charge in [0, 0.05) is 13.1 Å². The van der Waals surface area contributed by atoms with E-state index in [-0.39, 0.29) is 18.9 Å². The van der Waals surface area contributed by atoms with Crippen LogP contribution in [-0.2, 0) is 23.4 Å². The first-order valence-corrected chi connectivity index (χ1v) is 7.50. The topological polar surface area (TPSA) is 88.1 Å². The molecule has 2 aliphatic rings. The van der Waals surface area contributed by atoms with E-state index in [9.17, 15) is 10.0 Å². The van der Waals surface area contributed by atoms with E-state index in [1.165, 1.54) is 11.1 Å². The molecule has 2 heterocycles. The van der Waals surface area contributed by atoms with Crippen molar-refractivity contribution in [3.8, 4) is 0 Å². The maximum Gasteiger partial charge on any atom is 0.136 e. The first-order valence-electron chi connectivity index (χ1n) is 7.50. The molecule has 0 radical (unpaired) electrons. The third-order valence-electron chi connectivity index (χ3n) is 4.64. The number of rotatable bonds is 3. The molecule has 0 spiro atoms. The number of fused-ring (bicyclic) bond motifs is 1. The van der Waals surface area contributed by atoms with Gasteiger partial charge in [-0.1, -0.05) is 24.3 Å². The molecule has 0 bridgehead atoms. The summed E-state index contributed by atoms with van der Waals surface area (Å²) in [5, 5.41) is 13.5. The largest absolute Gasteiger partial charge is 0.395 e. The minimum atomic E-state index is -1.06. The van der Waals surface area contributed by atoms with Crippen molar-refractivity contribution < 1.29 is 9.84 Å². The Kier molecular flexibility index (Phi) is 3.11. The van der Waals surface area contributed by atoms with Crippen LogP contribution in [0.4, 0.5) is 17.1 Å². The van der Waals surface area contributed by atoms with Gasteiger partial charge in [0.2, 0.25) is 0 Å². The van der Waals surface area contributed by atoms with Crippen LogP contribution in [0.5, 0.6) is 0 Å².